The maximum atomic E-state index is 13.8. The van der Waals surface area contributed by atoms with Crippen LogP contribution in [0.3, 0.4) is 0 Å². The molecule has 0 radical (unpaired) electrons. The van der Waals surface area contributed by atoms with Crippen molar-refractivity contribution in [1.82, 2.24) is 0 Å². The number of carbonyl (C=O) groups excluding carboxylic acids is 1. The number of carbonyl (C=O) groups is 1. The second-order valence-electron chi connectivity index (χ2n) is 4.16. The number of Topliss-reactive ketones (excluding diaryl/α,β-unsaturated/α-hetero) is 1. The second-order valence-corrected chi connectivity index (χ2v) is 4.57. The Morgan fingerprint density at radius 2 is 1.71 bits per heavy atom. The zero-order valence-electron chi connectivity index (χ0n) is 10.4. The number of ketones is 1. The largest absolute Gasteiger partial charge is 0.292 e. The van der Waals surface area contributed by atoms with Crippen molar-refractivity contribution in [3.63, 3.8) is 0 Å². The zero-order chi connectivity index (χ0) is 15.6. The molecule has 0 N–H and O–H groups in total. The fourth-order valence-electron chi connectivity index (χ4n) is 1.89. The van der Waals surface area contributed by atoms with Crippen LogP contribution in [0.25, 0.3) is 0 Å². The number of hydrogen-bond acceptors (Lipinski definition) is 2. The first-order valence-electron chi connectivity index (χ1n) is 5.79. The van der Waals surface area contributed by atoms with Gasteiger partial charge in [-0.1, -0.05) is 23.7 Å². The van der Waals surface area contributed by atoms with Gasteiger partial charge in [0.25, 0.3) is 0 Å². The maximum absolute atomic E-state index is 13.8. The molecule has 0 aliphatic heterocycles. The van der Waals surface area contributed by atoms with Gasteiger partial charge in [0, 0.05) is 10.6 Å². The summed E-state index contributed by atoms with van der Waals surface area (Å²) in [4.78, 5) is 12.2. The number of benzene rings is 2. The molecule has 0 spiro atoms. The minimum atomic E-state index is -1.66. The van der Waals surface area contributed by atoms with Crippen LogP contribution in [0.5, 0.6) is 0 Å². The molecular formula is C15H7ClF3NO. The van der Waals surface area contributed by atoms with Crippen molar-refractivity contribution in [2.45, 2.75) is 5.92 Å². The van der Waals surface area contributed by atoms with Gasteiger partial charge in [-0.15, -0.1) is 0 Å². The van der Waals surface area contributed by atoms with Crippen molar-refractivity contribution in [1.29, 1.82) is 5.26 Å². The smallest absolute Gasteiger partial charge is 0.187 e. The molecule has 6 heteroatoms. The van der Waals surface area contributed by atoms with Gasteiger partial charge in [0.05, 0.1) is 11.6 Å². The lowest BCUT2D eigenvalue weighted by Gasteiger charge is -2.12. The highest BCUT2D eigenvalue weighted by Crippen LogP contribution is 2.30. The van der Waals surface area contributed by atoms with E-state index in [2.05, 4.69) is 0 Å². The fourth-order valence-corrected chi connectivity index (χ4v) is 2.16. The van der Waals surface area contributed by atoms with Crippen molar-refractivity contribution in [2.75, 3.05) is 0 Å². The molecule has 0 saturated carbocycles. The molecule has 1 unspecified atom stereocenters. The van der Waals surface area contributed by atoms with Crippen LogP contribution < -0.4 is 0 Å². The van der Waals surface area contributed by atoms with E-state index in [-0.39, 0.29) is 10.6 Å². The summed E-state index contributed by atoms with van der Waals surface area (Å²) >= 11 is 5.79. The Kier molecular flexibility index (Phi) is 4.29. The molecule has 0 amide bonds. The maximum Gasteiger partial charge on any atom is 0.187 e. The topological polar surface area (TPSA) is 40.9 Å². The van der Waals surface area contributed by atoms with Gasteiger partial charge in [-0.25, -0.2) is 13.2 Å². The number of nitrogens with zero attached hydrogens (tertiary/aromatic N) is 1. The van der Waals surface area contributed by atoms with Crippen LogP contribution in [0.4, 0.5) is 13.2 Å². The van der Waals surface area contributed by atoms with Crippen molar-refractivity contribution in [3.05, 3.63) is 70.0 Å². The van der Waals surface area contributed by atoms with E-state index in [0.717, 1.165) is 24.3 Å². The van der Waals surface area contributed by atoms with Gasteiger partial charge in [-0.2, -0.15) is 5.26 Å². The molecule has 0 heterocycles. The lowest BCUT2D eigenvalue weighted by atomic mass is 9.91. The van der Waals surface area contributed by atoms with Crippen LogP contribution in [0.2, 0.25) is 5.02 Å². The van der Waals surface area contributed by atoms with Gasteiger partial charge in [0.1, 0.15) is 11.7 Å². The molecule has 2 aromatic carbocycles. The standard InChI is InChI=1S/C15H7ClF3NO/c16-10-4-2-5-11(17)13(10)9(7-20)15(21)8-3-1-6-12(18)14(8)19/h1-6,9H. The molecule has 21 heavy (non-hydrogen) atoms. The molecular weight excluding hydrogens is 303 g/mol. The van der Waals surface area contributed by atoms with E-state index in [0.29, 0.717) is 0 Å². The zero-order valence-corrected chi connectivity index (χ0v) is 11.2. The third-order valence-corrected chi connectivity index (χ3v) is 3.23. The predicted octanol–water partition coefficient (Wildman–Crippen LogP) is 4.25. The molecule has 2 rings (SSSR count). The Bertz CT molecular complexity index is 735. The fraction of sp³-hybridized carbons (Fsp3) is 0.0667. The first kappa shape index (κ1) is 15.1. The lowest BCUT2D eigenvalue weighted by Crippen LogP contribution is -2.15. The van der Waals surface area contributed by atoms with Crippen molar-refractivity contribution >= 4 is 17.4 Å². The first-order valence-corrected chi connectivity index (χ1v) is 6.17. The van der Waals surface area contributed by atoms with Gasteiger partial charge in [-0.3, -0.25) is 4.79 Å². The second kappa shape index (κ2) is 5.98. The highest BCUT2D eigenvalue weighted by atomic mass is 35.5. The van der Waals surface area contributed by atoms with Crippen LogP contribution in [0.15, 0.2) is 36.4 Å². The number of nitriles is 1. The normalized spacial score (nSPS) is 11.8. The van der Waals surface area contributed by atoms with Crippen LogP contribution in [0, 0.1) is 28.8 Å². The summed E-state index contributed by atoms with van der Waals surface area (Å²) in [5.41, 5.74) is -0.976. The Labute approximate surface area is 123 Å². The Balaban J connectivity index is 2.55. The monoisotopic (exact) mass is 309 g/mol. The third-order valence-electron chi connectivity index (χ3n) is 2.90. The predicted molar refractivity (Wildman–Crippen MR) is 70.5 cm³/mol. The van der Waals surface area contributed by atoms with Gasteiger partial charge in [-0.05, 0) is 24.3 Å². The van der Waals surface area contributed by atoms with Crippen LogP contribution in [-0.2, 0) is 0 Å². The Hall–Kier alpha value is -2.32. The highest BCUT2D eigenvalue weighted by Gasteiger charge is 2.29. The number of hydrogen-bond donors (Lipinski definition) is 0. The van der Waals surface area contributed by atoms with E-state index >= 15 is 0 Å². The van der Waals surface area contributed by atoms with E-state index in [1.54, 1.807) is 6.07 Å². The third kappa shape index (κ3) is 2.76. The van der Waals surface area contributed by atoms with Gasteiger partial charge >= 0.3 is 0 Å². The van der Waals surface area contributed by atoms with E-state index < -0.39 is 34.7 Å². The SMILES string of the molecule is N#CC(C(=O)c1cccc(F)c1F)c1c(F)cccc1Cl. The quantitative estimate of drug-likeness (QED) is 0.795. The summed E-state index contributed by atoms with van der Waals surface area (Å²) in [6.45, 7) is 0. The average Bonchev–Trinajstić information content (AvgIpc) is 2.45. The molecule has 0 fully saturated rings. The summed E-state index contributed by atoms with van der Waals surface area (Å²) in [6, 6.07) is 8.22. The highest BCUT2D eigenvalue weighted by molar-refractivity contribution is 6.31. The molecule has 0 aliphatic rings. The number of rotatable bonds is 3. The first-order chi connectivity index (χ1) is 9.97. The van der Waals surface area contributed by atoms with Gasteiger partial charge in [0.15, 0.2) is 17.4 Å². The van der Waals surface area contributed by atoms with Crippen LogP contribution in [-0.4, -0.2) is 5.78 Å². The summed E-state index contributed by atoms with van der Waals surface area (Å²) < 4.78 is 40.6. The van der Waals surface area contributed by atoms with E-state index in [9.17, 15) is 18.0 Å². The van der Waals surface area contributed by atoms with E-state index in [1.165, 1.54) is 12.1 Å². The Morgan fingerprint density at radius 3 is 2.33 bits per heavy atom. The molecule has 1 atom stereocenters. The van der Waals surface area contributed by atoms with E-state index in [1.807, 2.05) is 0 Å². The molecule has 0 aromatic heterocycles. The Morgan fingerprint density at radius 1 is 1.10 bits per heavy atom. The molecule has 0 aliphatic carbocycles. The number of halogens is 4. The summed E-state index contributed by atoms with van der Waals surface area (Å²) in [5, 5.41) is 8.98. The molecule has 2 nitrogen and oxygen atoms in total. The summed E-state index contributed by atoms with van der Waals surface area (Å²) in [6.07, 6.45) is 0. The van der Waals surface area contributed by atoms with E-state index in [4.69, 9.17) is 16.9 Å². The molecule has 0 saturated heterocycles. The average molecular weight is 310 g/mol. The van der Waals surface area contributed by atoms with Gasteiger partial charge < -0.3 is 0 Å². The van der Waals surface area contributed by atoms with Crippen molar-refractivity contribution in [2.24, 2.45) is 0 Å². The van der Waals surface area contributed by atoms with Crippen LogP contribution in [0.1, 0.15) is 21.8 Å². The van der Waals surface area contributed by atoms with Crippen molar-refractivity contribution in [3.8, 4) is 6.07 Å². The minimum absolute atomic E-state index is 0.133. The molecule has 0 bridgehead atoms. The summed E-state index contributed by atoms with van der Waals surface area (Å²) in [7, 11) is 0. The van der Waals surface area contributed by atoms with Crippen LogP contribution >= 0.6 is 11.6 Å². The van der Waals surface area contributed by atoms with Gasteiger partial charge in [0.2, 0.25) is 0 Å². The molecule has 106 valence electrons. The minimum Gasteiger partial charge on any atom is -0.292 e. The van der Waals surface area contributed by atoms with Crippen molar-refractivity contribution < 1.29 is 18.0 Å². The summed E-state index contributed by atoms with van der Waals surface area (Å²) in [5.74, 6) is -6.18. The lowest BCUT2D eigenvalue weighted by molar-refractivity contribution is 0.0972. The molecule has 2 aromatic rings.